The third-order valence-electron chi connectivity index (χ3n) is 5.00. The molecule has 118 valence electrons. The summed E-state index contributed by atoms with van der Waals surface area (Å²) < 4.78 is 0. The monoisotopic (exact) mass is 288 g/mol. The van der Waals surface area contributed by atoms with Gasteiger partial charge in [-0.2, -0.15) is 0 Å². The van der Waals surface area contributed by atoms with Gasteiger partial charge in [0.1, 0.15) is 0 Å². The van der Waals surface area contributed by atoms with Crippen molar-refractivity contribution in [2.75, 3.05) is 18.0 Å². The highest BCUT2D eigenvalue weighted by atomic mass is 15.2. The molecule has 0 saturated heterocycles. The minimum absolute atomic E-state index is 0.502. The van der Waals surface area contributed by atoms with E-state index in [2.05, 4.69) is 49.1 Å². The first-order valence-electron chi connectivity index (χ1n) is 8.78. The number of benzene rings is 1. The summed E-state index contributed by atoms with van der Waals surface area (Å²) in [5.74, 6) is 1.62. The highest BCUT2D eigenvalue weighted by molar-refractivity contribution is 5.47. The summed E-state index contributed by atoms with van der Waals surface area (Å²) in [5, 5.41) is 0. The summed E-state index contributed by atoms with van der Waals surface area (Å²) in [5.41, 5.74) is 7.56. The van der Waals surface area contributed by atoms with Crippen LogP contribution in [0.2, 0.25) is 0 Å². The number of anilines is 1. The van der Waals surface area contributed by atoms with E-state index in [9.17, 15) is 0 Å². The fourth-order valence-electron chi connectivity index (χ4n) is 3.84. The lowest BCUT2D eigenvalue weighted by atomic mass is 9.78. The van der Waals surface area contributed by atoms with Crippen LogP contribution in [0.15, 0.2) is 30.3 Å². The third-order valence-corrected chi connectivity index (χ3v) is 5.00. The first-order chi connectivity index (χ1) is 10.3. The molecule has 3 unspecified atom stereocenters. The van der Waals surface area contributed by atoms with Gasteiger partial charge in [-0.05, 0) is 43.2 Å². The summed E-state index contributed by atoms with van der Waals surface area (Å²) in [6, 6.07) is 11.4. The molecule has 0 bridgehead atoms. The van der Waals surface area contributed by atoms with Gasteiger partial charge in [0, 0.05) is 24.8 Å². The van der Waals surface area contributed by atoms with Gasteiger partial charge in [0.25, 0.3) is 0 Å². The van der Waals surface area contributed by atoms with E-state index in [-0.39, 0.29) is 0 Å². The van der Waals surface area contributed by atoms with Crippen molar-refractivity contribution < 1.29 is 0 Å². The van der Waals surface area contributed by atoms with Gasteiger partial charge in [0.2, 0.25) is 0 Å². The molecular formula is C19H32N2. The Balaban J connectivity index is 2.16. The molecule has 0 heterocycles. The first-order valence-corrected chi connectivity index (χ1v) is 8.78. The van der Waals surface area contributed by atoms with E-state index in [1.54, 1.807) is 0 Å². The van der Waals surface area contributed by atoms with E-state index in [0.29, 0.717) is 6.04 Å². The Bertz CT molecular complexity index is 390. The van der Waals surface area contributed by atoms with Crippen LogP contribution in [0.4, 0.5) is 5.69 Å². The Hall–Kier alpha value is -1.02. The quantitative estimate of drug-likeness (QED) is 0.803. The van der Waals surface area contributed by atoms with Crippen LogP contribution in [-0.2, 0) is 0 Å². The molecule has 1 aliphatic rings. The topological polar surface area (TPSA) is 29.3 Å². The van der Waals surface area contributed by atoms with Crippen LogP contribution < -0.4 is 10.6 Å². The van der Waals surface area contributed by atoms with Gasteiger partial charge in [0.15, 0.2) is 0 Å². The van der Waals surface area contributed by atoms with E-state index in [1.165, 1.54) is 44.2 Å². The van der Waals surface area contributed by atoms with Gasteiger partial charge < -0.3 is 10.6 Å². The van der Waals surface area contributed by atoms with Crippen LogP contribution in [-0.4, -0.2) is 19.1 Å². The molecule has 1 aromatic rings. The SMILES string of the molecule is CCCCN(c1ccccc1)C(CN)C1CCCC(C)C1. The predicted molar refractivity (Wildman–Crippen MR) is 92.7 cm³/mol. The molecule has 2 nitrogen and oxygen atoms in total. The lowest BCUT2D eigenvalue weighted by Gasteiger charge is -2.41. The second-order valence-corrected chi connectivity index (χ2v) is 6.72. The maximum atomic E-state index is 6.22. The van der Waals surface area contributed by atoms with Crippen LogP contribution in [0.3, 0.4) is 0 Å². The van der Waals surface area contributed by atoms with Crippen molar-refractivity contribution in [3.63, 3.8) is 0 Å². The zero-order chi connectivity index (χ0) is 15.1. The Morgan fingerprint density at radius 1 is 1.24 bits per heavy atom. The van der Waals surface area contributed by atoms with Crippen molar-refractivity contribution in [3.05, 3.63) is 30.3 Å². The fraction of sp³-hybridized carbons (Fsp3) is 0.684. The molecule has 0 aromatic heterocycles. The van der Waals surface area contributed by atoms with E-state index < -0.39 is 0 Å². The molecule has 1 fully saturated rings. The standard InChI is InChI=1S/C19H32N2/c1-3-4-13-21(18-11-6-5-7-12-18)19(15-20)17-10-8-9-16(2)14-17/h5-7,11-12,16-17,19H,3-4,8-10,13-15,20H2,1-2H3. The van der Waals surface area contributed by atoms with Crippen LogP contribution in [0.1, 0.15) is 52.4 Å². The molecule has 1 aromatic carbocycles. The molecule has 0 aliphatic heterocycles. The van der Waals surface area contributed by atoms with Crippen molar-refractivity contribution in [1.29, 1.82) is 0 Å². The molecule has 0 radical (unpaired) electrons. The Morgan fingerprint density at radius 3 is 2.62 bits per heavy atom. The second kappa shape index (κ2) is 8.43. The van der Waals surface area contributed by atoms with Crippen molar-refractivity contribution in [3.8, 4) is 0 Å². The van der Waals surface area contributed by atoms with Gasteiger partial charge in [-0.25, -0.2) is 0 Å². The van der Waals surface area contributed by atoms with Crippen molar-refractivity contribution >= 4 is 5.69 Å². The maximum absolute atomic E-state index is 6.22. The third kappa shape index (κ3) is 4.47. The van der Waals surface area contributed by atoms with Gasteiger partial charge in [-0.15, -0.1) is 0 Å². The number of rotatable bonds is 7. The predicted octanol–water partition coefficient (Wildman–Crippen LogP) is 4.45. The van der Waals surface area contributed by atoms with Crippen LogP contribution in [0, 0.1) is 11.8 Å². The highest BCUT2D eigenvalue weighted by Gasteiger charge is 2.30. The minimum atomic E-state index is 0.502. The number of nitrogens with zero attached hydrogens (tertiary/aromatic N) is 1. The molecule has 2 rings (SSSR count). The van der Waals surface area contributed by atoms with E-state index in [1.807, 2.05) is 0 Å². The molecular weight excluding hydrogens is 256 g/mol. The molecule has 2 heteroatoms. The Kier molecular flexibility index (Phi) is 6.56. The van der Waals surface area contributed by atoms with Gasteiger partial charge in [0.05, 0.1) is 0 Å². The van der Waals surface area contributed by atoms with Crippen molar-refractivity contribution in [2.45, 2.75) is 58.4 Å². The largest absolute Gasteiger partial charge is 0.367 e. The fourth-order valence-corrected chi connectivity index (χ4v) is 3.84. The van der Waals surface area contributed by atoms with Crippen LogP contribution in [0.25, 0.3) is 0 Å². The first kappa shape index (κ1) is 16.4. The summed E-state index contributed by atoms with van der Waals surface area (Å²) in [4.78, 5) is 2.59. The van der Waals surface area contributed by atoms with Crippen LogP contribution in [0.5, 0.6) is 0 Å². The Morgan fingerprint density at radius 2 is 2.00 bits per heavy atom. The summed E-state index contributed by atoms with van der Waals surface area (Å²) in [6.07, 6.45) is 7.95. The van der Waals surface area contributed by atoms with E-state index in [0.717, 1.165) is 24.9 Å². The smallest absolute Gasteiger partial charge is 0.0440 e. The summed E-state index contributed by atoms with van der Waals surface area (Å²) in [6.45, 7) is 6.57. The van der Waals surface area contributed by atoms with Gasteiger partial charge in [-0.1, -0.05) is 51.3 Å². The second-order valence-electron chi connectivity index (χ2n) is 6.72. The number of hydrogen-bond donors (Lipinski definition) is 1. The molecule has 21 heavy (non-hydrogen) atoms. The lowest BCUT2D eigenvalue weighted by Crippen LogP contribution is -2.47. The normalized spacial score (nSPS) is 23.8. The van der Waals surface area contributed by atoms with Crippen molar-refractivity contribution in [2.24, 2.45) is 17.6 Å². The molecule has 0 spiro atoms. The lowest BCUT2D eigenvalue weighted by molar-refractivity contribution is 0.241. The zero-order valence-electron chi connectivity index (χ0n) is 13.8. The molecule has 2 N–H and O–H groups in total. The maximum Gasteiger partial charge on any atom is 0.0440 e. The van der Waals surface area contributed by atoms with Gasteiger partial charge >= 0.3 is 0 Å². The number of unbranched alkanes of at least 4 members (excludes halogenated alkanes) is 1. The average molecular weight is 288 g/mol. The number of para-hydroxylation sites is 1. The van der Waals surface area contributed by atoms with E-state index >= 15 is 0 Å². The van der Waals surface area contributed by atoms with Gasteiger partial charge in [-0.3, -0.25) is 0 Å². The minimum Gasteiger partial charge on any atom is -0.367 e. The number of hydrogen-bond acceptors (Lipinski definition) is 2. The van der Waals surface area contributed by atoms with Crippen molar-refractivity contribution in [1.82, 2.24) is 0 Å². The Labute approximate surface area is 130 Å². The zero-order valence-corrected chi connectivity index (χ0v) is 13.8. The molecule has 3 atom stereocenters. The summed E-state index contributed by atoms with van der Waals surface area (Å²) in [7, 11) is 0. The van der Waals surface area contributed by atoms with E-state index in [4.69, 9.17) is 5.73 Å². The number of nitrogens with two attached hydrogens (primary N) is 1. The highest BCUT2D eigenvalue weighted by Crippen LogP contribution is 2.34. The molecule has 1 aliphatic carbocycles. The molecule has 1 saturated carbocycles. The average Bonchev–Trinajstić information content (AvgIpc) is 2.52. The molecule has 0 amide bonds. The van der Waals surface area contributed by atoms with Crippen LogP contribution >= 0.6 is 0 Å². The summed E-state index contributed by atoms with van der Waals surface area (Å²) >= 11 is 0.